The van der Waals surface area contributed by atoms with Gasteiger partial charge in [0.25, 0.3) is 0 Å². The Morgan fingerprint density at radius 1 is 0.958 bits per heavy atom. The summed E-state index contributed by atoms with van der Waals surface area (Å²) in [6.45, 7) is 20.1. The number of fused-ring (bicyclic) bond motifs is 7. The minimum atomic E-state index is -0.357. The summed E-state index contributed by atoms with van der Waals surface area (Å²) in [4.78, 5) is 26.5. The average Bonchev–Trinajstić information content (AvgIpc) is 3.82. The number of aliphatic hydroxyl groups is 1. The first-order valence-corrected chi connectivity index (χ1v) is 19.2. The summed E-state index contributed by atoms with van der Waals surface area (Å²) in [6, 6.07) is 3.65. The third-order valence-corrected chi connectivity index (χ3v) is 16.6. The van der Waals surface area contributed by atoms with Crippen molar-refractivity contribution < 1.29 is 14.4 Å². The number of aromatic nitrogens is 3. The molecule has 0 spiro atoms. The lowest BCUT2D eigenvalue weighted by Gasteiger charge is -2.73. The first-order chi connectivity index (χ1) is 22.8. The third-order valence-electron chi connectivity index (χ3n) is 16.6. The number of carbonyl (C=O) groups is 1. The van der Waals surface area contributed by atoms with Gasteiger partial charge in [-0.25, -0.2) is 0 Å². The first kappa shape index (κ1) is 32.7. The maximum atomic E-state index is 15.3. The Hall–Kier alpha value is -2.54. The number of carbonyl (C=O) groups excluding carboxylic acids is 1. The van der Waals surface area contributed by atoms with Gasteiger partial charge in [0.2, 0.25) is 17.6 Å². The predicted molar refractivity (Wildman–Crippen MR) is 186 cm³/mol. The number of pyridine rings is 1. The largest absolute Gasteiger partial charge is 0.393 e. The van der Waals surface area contributed by atoms with Crippen LogP contribution in [0.25, 0.3) is 11.4 Å². The van der Waals surface area contributed by atoms with E-state index in [2.05, 4.69) is 63.2 Å². The molecule has 2 aromatic rings. The van der Waals surface area contributed by atoms with E-state index in [9.17, 15) is 5.11 Å². The van der Waals surface area contributed by atoms with Crippen LogP contribution in [0.3, 0.4) is 0 Å². The molecule has 7 heteroatoms. The van der Waals surface area contributed by atoms with Crippen molar-refractivity contribution in [2.75, 3.05) is 6.54 Å². The molecule has 1 amide bonds. The van der Waals surface area contributed by atoms with Gasteiger partial charge in [-0.3, -0.25) is 9.78 Å². The molecule has 1 N–H and O–H groups in total. The van der Waals surface area contributed by atoms with Gasteiger partial charge in [-0.15, -0.1) is 0 Å². The van der Waals surface area contributed by atoms with Crippen molar-refractivity contribution in [3.63, 3.8) is 0 Å². The van der Waals surface area contributed by atoms with Gasteiger partial charge in [-0.05, 0) is 147 Å². The molecule has 8 rings (SSSR count). The summed E-state index contributed by atoms with van der Waals surface area (Å²) in [5, 5.41) is 15.4. The van der Waals surface area contributed by atoms with Gasteiger partial charge in [-0.2, -0.15) is 4.98 Å². The quantitative estimate of drug-likeness (QED) is 0.331. The van der Waals surface area contributed by atoms with Gasteiger partial charge >= 0.3 is 0 Å². The summed E-state index contributed by atoms with van der Waals surface area (Å²) < 4.78 is 5.87. The van der Waals surface area contributed by atoms with Crippen molar-refractivity contribution in [2.45, 2.75) is 131 Å². The zero-order valence-electron chi connectivity index (χ0n) is 30.3. The molecule has 0 unspecified atom stereocenters. The van der Waals surface area contributed by atoms with Crippen LogP contribution in [-0.4, -0.2) is 43.7 Å². The van der Waals surface area contributed by atoms with E-state index in [1.807, 2.05) is 12.1 Å². The molecule has 11 atom stereocenters. The fourth-order valence-electron chi connectivity index (χ4n) is 14.0. The van der Waals surface area contributed by atoms with E-state index in [4.69, 9.17) is 9.51 Å². The monoisotopic (exact) mass is 654 g/mol. The molecule has 260 valence electrons. The molecule has 2 aromatic heterocycles. The Labute approximate surface area is 287 Å². The van der Waals surface area contributed by atoms with Crippen molar-refractivity contribution in [1.82, 2.24) is 20.0 Å². The maximum absolute atomic E-state index is 15.3. The molecule has 5 aliphatic carbocycles. The van der Waals surface area contributed by atoms with Crippen LogP contribution in [0.2, 0.25) is 0 Å². The molecule has 5 saturated carbocycles. The Morgan fingerprint density at radius 2 is 1.77 bits per heavy atom. The van der Waals surface area contributed by atoms with Crippen LogP contribution in [0, 0.1) is 56.7 Å². The average molecular weight is 655 g/mol. The van der Waals surface area contributed by atoms with E-state index in [1.54, 1.807) is 12.4 Å². The highest BCUT2D eigenvalue weighted by Gasteiger charge is 2.72. The summed E-state index contributed by atoms with van der Waals surface area (Å²) >= 11 is 0. The highest BCUT2D eigenvalue weighted by Crippen LogP contribution is 2.77. The Morgan fingerprint density at radius 3 is 2.52 bits per heavy atom. The zero-order chi connectivity index (χ0) is 33.9. The number of likely N-dealkylation sites (tertiary alicyclic amines) is 1. The van der Waals surface area contributed by atoms with Crippen LogP contribution in [-0.2, 0) is 4.79 Å². The smallest absolute Gasteiger partial charge is 0.249 e. The van der Waals surface area contributed by atoms with E-state index in [0.29, 0.717) is 47.2 Å². The van der Waals surface area contributed by atoms with Gasteiger partial charge in [0.1, 0.15) is 6.04 Å². The lowest BCUT2D eigenvalue weighted by molar-refractivity contribution is -0.247. The summed E-state index contributed by atoms with van der Waals surface area (Å²) in [6.07, 6.45) is 16.2. The number of hydrogen-bond donors (Lipinski definition) is 1. The molecular weight excluding hydrogens is 596 g/mol. The number of nitrogens with zero attached hydrogens (tertiary/aromatic N) is 4. The number of rotatable bonds is 4. The molecule has 1 aliphatic heterocycles. The standard InChI is InChI=1S/C41H58N4O3/c1-25(2)27-14-19-41(36(47)45-23-9-11-29(45)35-43-34(44-48-35)26-10-8-22-42-24-26)21-20-39(6)28(33(27)41)12-13-31-38(5)17-16-32(46)37(3,4)30(38)15-18-40(31,39)7/h8,10,22,24,27-33,46H,1,9,11-21,23H2,2-7H3/t27-,28+,29+,30-,31+,32-,33+,38-,39+,40+,41-/m0/s1. The van der Waals surface area contributed by atoms with E-state index in [-0.39, 0.29) is 39.2 Å². The van der Waals surface area contributed by atoms with Crippen LogP contribution in [0.4, 0.5) is 0 Å². The van der Waals surface area contributed by atoms with Gasteiger partial charge in [0.05, 0.1) is 11.5 Å². The topological polar surface area (TPSA) is 92.4 Å². The van der Waals surface area contributed by atoms with Crippen molar-refractivity contribution in [3.8, 4) is 11.4 Å². The summed E-state index contributed by atoms with van der Waals surface area (Å²) in [7, 11) is 0. The summed E-state index contributed by atoms with van der Waals surface area (Å²) in [5.41, 5.74) is 2.34. The zero-order valence-corrected chi connectivity index (χ0v) is 30.3. The van der Waals surface area contributed by atoms with Crippen LogP contribution in [0.15, 0.2) is 41.2 Å². The second kappa shape index (κ2) is 11.0. The molecule has 6 fully saturated rings. The molecule has 7 nitrogen and oxygen atoms in total. The highest BCUT2D eigenvalue weighted by molar-refractivity contribution is 5.84. The number of hydrogen-bond acceptors (Lipinski definition) is 6. The van der Waals surface area contributed by atoms with Gasteiger partial charge in [-0.1, -0.05) is 51.9 Å². The Kier molecular flexibility index (Phi) is 7.47. The molecule has 1 saturated heterocycles. The maximum Gasteiger partial charge on any atom is 0.249 e. The second-order valence-electron chi connectivity index (χ2n) is 18.6. The fraction of sp³-hybridized carbons (Fsp3) is 0.756. The SMILES string of the molecule is C=C(C)[C@@H]1CC[C@]2(C(=O)N3CCC[C@@H]3c3nc(-c4cccnc4)no3)CC[C@]3(C)[C@H](CC[C@@H]4[C@@]5(C)CC[C@H](O)C(C)(C)[C@@H]5CC[C@]43C)[C@@H]12. The third kappa shape index (κ3) is 4.27. The molecule has 0 bridgehead atoms. The number of aliphatic hydroxyl groups excluding tert-OH is 1. The lowest BCUT2D eigenvalue weighted by Crippen LogP contribution is -2.67. The van der Waals surface area contributed by atoms with E-state index < -0.39 is 0 Å². The fourth-order valence-corrected chi connectivity index (χ4v) is 14.0. The normalized spacial score (nSPS) is 44.7. The molecule has 3 heterocycles. The lowest BCUT2D eigenvalue weighted by atomic mass is 9.32. The Bertz CT molecular complexity index is 1590. The van der Waals surface area contributed by atoms with E-state index in [0.717, 1.165) is 63.5 Å². The van der Waals surface area contributed by atoms with Crippen LogP contribution < -0.4 is 0 Å². The molecule has 6 aliphatic rings. The van der Waals surface area contributed by atoms with Crippen molar-refractivity contribution in [3.05, 3.63) is 42.6 Å². The van der Waals surface area contributed by atoms with Gasteiger partial charge < -0.3 is 14.5 Å². The highest BCUT2D eigenvalue weighted by atomic mass is 16.5. The van der Waals surface area contributed by atoms with Gasteiger partial charge in [0.15, 0.2) is 0 Å². The first-order valence-electron chi connectivity index (χ1n) is 19.2. The minimum Gasteiger partial charge on any atom is -0.393 e. The minimum absolute atomic E-state index is 0.0416. The van der Waals surface area contributed by atoms with Crippen LogP contribution in [0.5, 0.6) is 0 Å². The van der Waals surface area contributed by atoms with Crippen molar-refractivity contribution in [2.24, 2.45) is 56.7 Å². The summed E-state index contributed by atoms with van der Waals surface area (Å²) in [5.74, 6) is 3.86. The van der Waals surface area contributed by atoms with E-state index >= 15 is 4.79 Å². The van der Waals surface area contributed by atoms with Crippen LogP contribution >= 0.6 is 0 Å². The molecule has 0 radical (unpaired) electrons. The Balaban J connectivity index is 1.12. The molecule has 0 aromatic carbocycles. The van der Waals surface area contributed by atoms with Crippen molar-refractivity contribution in [1.29, 1.82) is 0 Å². The van der Waals surface area contributed by atoms with E-state index in [1.165, 1.54) is 31.3 Å². The van der Waals surface area contributed by atoms with Crippen molar-refractivity contribution >= 4 is 5.91 Å². The predicted octanol–water partition coefficient (Wildman–Crippen LogP) is 8.81. The van der Waals surface area contributed by atoms with Gasteiger partial charge in [0, 0.05) is 24.5 Å². The molecular formula is C41H58N4O3. The molecule has 48 heavy (non-hydrogen) atoms. The number of allylic oxidation sites excluding steroid dienone is 1. The second-order valence-corrected chi connectivity index (χ2v) is 18.6. The van der Waals surface area contributed by atoms with Crippen LogP contribution in [0.1, 0.15) is 131 Å². The number of amides is 1.